The number of hydrogen-bond donors (Lipinski definition) is 0. The summed E-state index contributed by atoms with van der Waals surface area (Å²) >= 11 is 0. The van der Waals surface area contributed by atoms with Crippen LogP contribution in [0, 0.1) is 12.8 Å². The molecule has 0 saturated carbocycles. The molecule has 0 amide bonds. The van der Waals surface area contributed by atoms with Gasteiger partial charge in [-0.15, -0.1) is 0 Å². The minimum Gasteiger partial charge on any atom is -0.573 e. The maximum atomic E-state index is 5.00. The summed E-state index contributed by atoms with van der Waals surface area (Å²) in [6.45, 7) is 0. The summed E-state index contributed by atoms with van der Waals surface area (Å²) in [5, 5.41) is 0. The zero-order valence-electron chi connectivity index (χ0n) is 12.7. The van der Waals surface area contributed by atoms with Gasteiger partial charge in [0.15, 0.2) is 0 Å². The van der Waals surface area contributed by atoms with Crippen molar-refractivity contribution in [2.24, 2.45) is 0 Å². The van der Waals surface area contributed by atoms with Crippen molar-refractivity contribution in [3.05, 3.63) is 49.2 Å². The van der Waals surface area contributed by atoms with Crippen molar-refractivity contribution in [2.75, 3.05) is 14.2 Å². The molecular weight excluding hydrogens is 350 g/mol. The standard InChI is InChI=1S/2C8H6NO2.Zn/c2*1-10-6-2-3-8-7(4-6)9-5-11-8;/h2*2-4H,1H3;/q2*-1;+2. The molecule has 0 atom stereocenters. The van der Waals surface area contributed by atoms with E-state index in [9.17, 15) is 0 Å². The maximum Gasteiger partial charge on any atom is 2.00 e. The van der Waals surface area contributed by atoms with Crippen molar-refractivity contribution < 1.29 is 37.8 Å². The van der Waals surface area contributed by atoms with Gasteiger partial charge in [-0.05, 0) is 34.3 Å². The fourth-order valence-corrected chi connectivity index (χ4v) is 1.84. The molecule has 2 heterocycles. The number of methoxy groups -OCH3 is 2. The van der Waals surface area contributed by atoms with Gasteiger partial charge < -0.3 is 28.3 Å². The summed E-state index contributed by atoms with van der Waals surface area (Å²) in [6.07, 6.45) is 4.82. The normalized spacial score (nSPS) is 9.83. The molecule has 0 fully saturated rings. The van der Waals surface area contributed by atoms with Crippen LogP contribution in [-0.4, -0.2) is 24.2 Å². The molecule has 0 saturated heterocycles. The second-order valence-corrected chi connectivity index (χ2v) is 4.28. The Morgan fingerprint density at radius 1 is 0.783 bits per heavy atom. The first-order chi connectivity index (χ1) is 10.8. The van der Waals surface area contributed by atoms with Crippen LogP contribution in [0.4, 0.5) is 0 Å². The Morgan fingerprint density at radius 3 is 1.61 bits per heavy atom. The van der Waals surface area contributed by atoms with Gasteiger partial charge in [0.25, 0.3) is 0 Å². The van der Waals surface area contributed by atoms with E-state index in [1.54, 1.807) is 38.5 Å². The maximum absolute atomic E-state index is 5.00. The van der Waals surface area contributed by atoms with Gasteiger partial charge >= 0.3 is 19.5 Å². The zero-order valence-corrected chi connectivity index (χ0v) is 15.7. The molecule has 0 spiro atoms. The number of nitrogens with zero attached hydrogens (tertiary/aromatic N) is 2. The van der Waals surface area contributed by atoms with Gasteiger partial charge in [-0.3, -0.25) is 0 Å². The van der Waals surface area contributed by atoms with E-state index in [0.717, 1.165) is 33.7 Å². The van der Waals surface area contributed by atoms with Crippen molar-refractivity contribution in [3.63, 3.8) is 0 Å². The van der Waals surface area contributed by atoms with Gasteiger partial charge in [-0.2, -0.15) is 0 Å². The van der Waals surface area contributed by atoms with Crippen molar-refractivity contribution in [2.45, 2.75) is 0 Å². The van der Waals surface area contributed by atoms with Gasteiger partial charge in [-0.1, -0.05) is 24.3 Å². The summed E-state index contributed by atoms with van der Waals surface area (Å²) in [4.78, 5) is 7.71. The molecular formula is C16H12N2O4Zn. The molecule has 4 rings (SSSR count). The minimum atomic E-state index is 0. The Morgan fingerprint density at radius 2 is 1.22 bits per heavy atom. The smallest absolute Gasteiger partial charge is 0.573 e. The van der Waals surface area contributed by atoms with Crippen molar-refractivity contribution in [1.29, 1.82) is 0 Å². The molecule has 0 N–H and O–H groups in total. The number of fused-ring (bicyclic) bond motifs is 2. The first-order valence-electron chi connectivity index (χ1n) is 6.41. The number of rotatable bonds is 2. The predicted octanol–water partition coefficient (Wildman–Crippen LogP) is 3.27. The van der Waals surface area contributed by atoms with Crippen LogP contribution in [0.5, 0.6) is 11.5 Å². The van der Waals surface area contributed by atoms with Crippen LogP contribution in [0.2, 0.25) is 0 Å². The largest absolute Gasteiger partial charge is 2.00 e. The predicted molar refractivity (Wildman–Crippen MR) is 78.8 cm³/mol. The number of ether oxygens (including phenoxy) is 2. The average Bonchev–Trinajstić information content (AvgIpc) is 3.22. The molecule has 0 aliphatic carbocycles. The van der Waals surface area contributed by atoms with E-state index in [1.807, 2.05) is 12.1 Å². The molecule has 23 heavy (non-hydrogen) atoms. The Bertz CT molecular complexity index is 814. The third kappa shape index (κ3) is 3.87. The molecule has 0 aliphatic rings. The number of oxazole rings is 2. The molecule has 0 aliphatic heterocycles. The van der Waals surface area contributed by atoms with E-state index >= 15 is 0 Å². The summed E-state index contributed by atoms with van der Waals surface area (Å²) < 4.78 is 19.8. The third-order valence-corrected chi connectivity index (χ3v) is 2.98. The van der Waals surface area contributed by atoms with E-state index in [1.165, 1.54) is 0 Å². The second kappa shape index (κ2) is 7.74. The van der Waals surface area contributed by atoms with E-state index in [2.05, 4.69) is 22.8 Å². The first-order valence-corrected chi connectivity index (χ1v) is 6.41. The van der Waals surface area contributed by atoms with Gasteiger partial charge in [-0.25, -0.2) is 0 Å². The summed E-state index contributed by atoms with van der Waals surface area (Å²) in [5.74, 6) is 1.56. The summed E-state index contributed by atoms with van der Waals surface area (Å²) in [7, 11) is 3.23. The SMILES string of the molecule is COc1ccc2o[c-]nc2c1.COc1ccc2o[c-]nc2c1.[Zn+2]. The third-order valence-electron chi connectivity index (χ3n) is 2.98. The Labute approximate surface area is 145 Å². The fourth-order valence-electron chi connectivity index (χ4n) is 1.84. The van der Waals surface area contributed by atoms with Crippen molar-refractivity contribution in [1.82, 2.24) is 9.97 Å². The summed E-state index contributed by atoms with van der Waals surface area (Å²) in [5.41, 5.74) is 2.99. The van der Waals surface area contributed by atoms with E-state index in [0.29, 0.717) is 0 Å². The van der Waals surface area contributed by atoms with Gasteiger partial charge in [0.1, 0.15) is 24.3 Å². The average molecular weight is 362 g/mol. The molecule has 7 heteroatoms. The van der Waals surface area contributed by atoms with Crippen LogP contribution in [-0.2, 0) is 19.5 Å². The summed E-state index contributed by atoms with van der Waals surface area (Å²) in [6, 6.07) is 10.8. The van der Waals surface area contributed by atoms with Crippen LogP contribution in [0.3, 0.4) is 0 Å². The number of hydrogen-bond acceptors (Lipinski definition) is 6. The van der Waals surface area contributed by atoms with Crippen LogP contribution in [0.15, 0.2) is 45.2 Å². The van der Waals surface area contributed by atoms with Crippen LogP contribution in [0.1, 0.15) is 0 Å². The van der Waals surface area contributed by atoms with Crippen molar-refractivity contribution in [3.8, 4) is 11.5 Å². The second-order valence-electron chi connectivity index (χ2n) is 4.28. The number of aromatic nitrogens is 2. The molecule has 2 aromatic heterocycles. The van der Waals surface area contributed by atoms with Crippen LogP contribution >= 0.6 is 0 Å². The monoisotopic (exact) mass is 360 g/mol. The number of benzene rings is 2. The fraction of sp³-hybridized carbons (Fsp3) is 0.125. The molecule has 2 aromatic carbocycles. The Kier molecular flexibility index (Phi) is 5.71. The first kappa shape index (κ1) is 17.0. The van der Waals surface area contributed by atoms with E-state index in [4.69, 9.17) is 18.3 Å². The molecule has 6 nitrogen and oxygen atoms in total. The minimum absolute atomic E-state index is 0. The van der Waals surface area contributed by atoms with Gasteiger partial charge in [0, 0.05) is 0 Å². The van der Waals surface area contributed by atoms with E-state index in [-0.39, 0.29) is 19.5 Å². The molecule has 4 aromatic rings. The van der Waals surface area contributed by atoms with Gasteiger partial charge in [0.2, 0.25) is 0 Å². The van der Waals surface area contributed by atoms with Crippen LogP contribution < -0.4 is 9.47 Å². The molecule has 0 unspecified atom stereocenters. The quantitative estimate of drug-likeness (QED) is 0.403. The van der Waals surface area contributed by atoms with Crippen molar-refractivity contribution >= 4 is 22.2 Å². The van der Waals surface area contributed by atoms with Crippen LogP contribution in [0.25, 0.3) is 22.2 Å². The topological polar surface area (TPSA) is 70.5 Å². The van der Waals surface area contributed by atoms with Gasteiger partial charge in [0.05, 0.1) is 14.2 Å². The molecule has 0 radical (unpaired) electrons. The molecule has 0 bridgehead atoms. The van der Waals surface area contributed by atoms with E-state index < -0.39 is 0 Å². The Balaban J connectivity index is 0.000000160. The molecule has 112 valence electrons. The zero-order chi connectivity index (χ0) is 15.4. The Hall–Kier alpha value is -2.40.